The maximum Gasteiger partial charge on any atom is 0.325 e. The zero-order valence-electron chi connectivity index (χ0n) is 17.4. The Bertz CT molecular complexity index is 772. The second kappa shape index (κ2) is 8.51. The summed E-state index contributed by atoms with van der Waals surface area (Å²) in [6, 6.07) is 5.25. The maximum absolute atomic E-state index is 13.4. The smallest absolute Gasteiger partial charge is 0.325 e. The summed E-state index contributed by atoms with van der Waals surface area (Å²) >= 11 is 0. The van der Waals surface area contributed by atoms with Gasteiger partial charge in [-0.1, -0.05) is 31.9 Å². The number of carbonyl (C=O) groups is 3. The first-order valence-corrected chi connectivity index (χ1v) is 10.5. The first kappa shape index (κ1) is 21.3. The third-order valence-electron chi connectivity index (χ3n) is 6.19. The van der Waals surface area contributed by atoms with Gasteiger partial charge in [0.25, 0.3) is 5.91 Å². The summed E-state index contributed by atoms with van der Waals surface area (Å²) in [6.07, 6.45) is 4.87. The molecule has 0 unspecified atom stereocenters. The monoisotopic (exact) mass is 403 g/mol. The summed E-state index contributed by atoms with van der Waals surface area (Å²) in [7, 11) is 0. The van der Waals surface area contributed by atoms with Gasteiger partial charge in [0.15, 0.2) is 0 Å². The lowest BCUT2D eigenvalue weighted by Crippen LogP contribution is -2.52. The van der Waals surface area contributed by atoms with Gasteiger partial charge in [0, 0.05) is 12.1 Å². The Hall–Kier alpha value is -2.44. The quantitative estimate of drug-likeness (QED) is 0.739. The van der Waals surface area contributed by atoms with Gasteiger partial charge in [-0.15, -0.1) is 0 Å². The minimum absolute atomic E-state index is 0.0916. The predicted octanol–water partition coefficient (Wildman–Crippen LogP) is 3.55. The standard InChI is InChI=1S/C22H30FN3O3/c1-4-5-13-22(17-9-11-18(23)12-10-17)20(28)25(21(29)24-22)14-19(27)26-15(2)7-6-8-16(26)3/h9-12,15-16H,4-8,13-14H2,1-3H3,(H,24,29)/t15-,16-,22+/m0/s1. The van der Waals surface area contributed by atoms with Crippen LogP contribution in [0.25, 0.3) is 0 Å². The zero-order valence-corrected chi connectivity index (χ0v) is 17.4. The molecule has 1 aromatic carbocycles. The molecule has 4 amide bonds. The van der Waals surface area contributed by atoms with E-state index in [1.54, 1.807) is 4.90 Å². The number of likely N-dealkylation sites (tertiary alicyclic amines) is 1. The minimum Gasteiger partial charge on any atom is -0.336 e. The van der Waals surface area contributed by atoms with Gasteiger partial charge in [-0.25, -0.2) is 9.18 Å². The second-order valence-corrected chi connectivity index (χ2v) is 8.27. The van der Waals surface area contributed by atoms with Crippen molar-refractivity contribution in [3.63, 3.8) is 0 Å². The van der Waals surface area contributed by atoms with E-state index in [-0.39, 0.29) is 24.5 Å². The lowest BCUT2D eigenvalue weighted by atomic mass is 9.84. The Balaban J connectivity index is 1.85. The topological polar surface area (TPSA) is 69.7 Å². The number of benzene rings is 1. The summed E-state index contributed by atoms with van der Waals surface area (Å²) in [6.45, 7) is 5.74. The van der Waals surface area contributed by atoms with Crippen molar-refractivity contribution in [3.05, 3.63) is 35.6 Å². The highest BCUT2D eigenvalue weighted by Gasteiger charge is 2.52. The Morgan fingerprint density at radius 2 is 1.79 bits per heavy atom. The third-order valence-corrected chi connectivity index (χ3v) is 6.19. The van der Waals surface area contributed by atoms with Crippen molar-refractivity contribution in [3.8, 4) is 0 Å². The molecule has 2 heterocycles. The molecule has 0 spiro atoms. The number of hydrogen-bond donors (Lipinski definition) is 1. The largest absolute Gasteiger partial charge is 0.336 e. The van der Waals surface area contributed by atoms with Crippen LogP contribution in [0.5, 0.6) is 0 Å². The van der Waals surface area contributed by atoms with Crippen molar-refractivity contribution >= 4 is 17.8 Å². The second-order valence-electron chi connectivity index (χ2n) is 8.27. The van der Waals surface area contributed by atoms with Gasteiger partial charge in [-0.2, -0.15) is 0 Å². The van der Waals surface area contributed by atoms with Crippen molar-refractivity contribution in [2.45, 2.75) is 76.9 Å². The maximum atomic E-state index is 13.4. The number of urea groups is 1. The Morgan fingerprint density at radius 3 is 2.38 bits per heavy atom. The normalized spacial score (nSPS) is 27.3. The number of piperidine rings is 1. The molecule has 2 aliphatic rings. The average Bonchev–Trinajstić information content (AvgIpc) is 2.92. The number of rotatable bonds is 6. The van der Waals surface area contributed by atoms with Crippen LogP contribution in [-0.2, 0) is 15.1 Å². The van der Waals surface area contributed by atoms with Crippen LogP contribution in [0.15, 0.2) is 24.3 Å². The molecule has 2 aliphatic heterocycles. The van der Waals surface area contributed by atoms with Crippen LogP contribution in [0.4, 0.5) is 9.18 Å². The van der Waals surface area contributed by atoms with Gasteiger partial charge < -0.3 is 10.2 Å². The van der Waals surface area contributed by atoms with E-state index < -0.39 is 23.3 Å². The van der Waals surface area contributed by atoms with E-state index in [2.05, 4.69) is 5.32 Å². The molecule has 2 saturated heterocycles. The molecule has 1 aromatic rings. The van der Waals surface area contributed by atoms with Crippen molar-refractivity contribution in [1.29, 1.82) is 0 Å². The molecule has 0 aliphatic carbocycles. The SMILES string of the molecule is CCCC[C@]1(c2ccc(F)cc2)NC(=O)N(CC(=O)N2[C@@H](C)CCC[C@@H]2C)C1=O. The highest BCUT2D eigenvalue weighted by atomic mass is 19.1. The fourth-order valence-electron chi connectivity index (χ4n) is 4.59. The molecule has 29 heavy (non-hydrogen) atoms. The van der Waals surface area contributed by atoms with Crippen LogP contribution >= 0.6 is 0 Å². The third kappa shape index (κ3) is 4.00. The van der Waals surface area contributed by atoms with Crippen LogP contribution in [0.2, 0.25) is 0 Å². The molecule has 3 atom stereocenters. The fourth-order valence-corrected chi connectivity index (χ4v) is 4.59. The Morgan fingerprint density at radius 1 is 1.17 bits per heavy atom. The van der Waals surface area contributed by atoms with Gasteiger partial charge >= 0.3 is 6.03 Å². The molecule has 6 nitrogen and oxygen atoms in total. The minimum atomic E-state index is -1.25. The average molecular weight is 403 g/mol. The molecular weight excluding hydrogens is 373 g/mol. The van der Waals surface area contributed by atoms with E-state index in [0.717, 1.165) is 30.6 Å². The van der Waals surface area contributed by atoms with Gasteiger partial charge in [0.2, 0.25) is 5.91 Å². The van der Waals surface area contributed by atoms with Crippen LogP contribution in [-0.4, -0.2) is 46.3 Å². The molecule has 7 heteroatoms. The first-order valence-electron chi connectivity index (χ1n) is 10.5. The Kier molecular flexibility index (Phi) is 6.24. The summed E-state index contributed by atoms with van der Waals surface area (Å²) in [5.41, 5.74) is -0.708. The molecule has 3 rings (SSSR count). The molecule has 158 valence electrons. The van der Waals surface area contributed by atoms with E-state index in [0.29, 0.717) is 18.4 Å². The van der Waals surface area contributed by atoms with Crippen molar-refractivity contribution in [1.82, 2.24) is 15.1 Å². The van der Waals surface area contributed by atoms with Gasteiger partial charge in [-0.05, 0) is 57.2 Å². The number of imide groups is 1. The van der Waals surface area contributed by atoms with E-state index in [9.17, 15) is 18.8 Å². The predicted molar refractivity (Wildman–Crippen MR) is 107 cm³/mol. The van der Waals surface area contributed by atoms with Crippen molar-refractivity contribution in [2.75, 3.05) is 6.54 Å². The molecule has 1 N–H and O–H groups in total. The number of hydrogen-bond acceptors (Lipinski definition) is 3. The molecule has 2 fully saturated rings. The number of halogens is 1. The number of carbonyl (C=O) groups excluding carboxylic acids is 3. The number of nitrogens with zero attached hydrogens (tertiary/aromatic N) is 2. The molecule has 0 aromatic heterocycles. The highest BCUT2D eigenvalue weighted by Crippen LogP contribution is 2.34. The highest BCUT2D eigenvalue weighted by molar-refractivity contribution is 6.09. The Labute approximate surface area is 171 Å². The lowest BCUT2D eigenvalue weighted by Gasteiger charge is -2.39. The van der Waals surface area contributed by atoms with E-state index >= 15 is 0 Å². The fraction of sp³-hybridized carbons (Fsp3) is 0.591. The molecule has 0 radical (unpaired) electrons. The molecule has 0 saturated carbocycles. The van der Waals surface area contributed by atoms with E-state index in [4.69, 9.17) is 0 Å². The number of nitrogens with one attached hydrogen (secondary N) is 1. The summed E-state index contributed by atoms with van der Waals surface area (Å²) in [5, 5.41) is 2.81. The van der Waals surface area contributed by atoms with Gasteiger partial charge in [0.05, 0.1) is 0 Å². The van der Waals surface area contributed by atoms with Crippen LogP contribution in [0, 0.1) is 5.82 Å². The van der Waals surface area contributed by atoms with Crippen LogP contribution < -0.4 is 5.32 Å². The number of amides is 4. The van der Waals surface area contributed by atoms with Crippen LogP contribution in [0.3, 0.4) is 0 Å². The van der Waals surface area contributed by atoms with Gasteiger partial charge in [0.1, 0.15) is 17.9 Å². The van der Waals surface area contributed by atoms with Crippen LogP contribution in [0.1, 0.15) is 64.9 Å². The lowest BCUT2D eigenvalue weighted by molar-refractivity contribution is -0.143. The van der Waals surface area contributed by atoms with Crippen molar-refractivity contribution in [2.24, 2.45) is 0 Å². The van der Waals surface area contributed by atoms with Gasteiger partial charge in [-0.3, -0.25) is 14.5 Å². The summed E-state index contributed by atoms with van der Waals surface area (Å²) in [4.78, 5) is 41.9. The summed E-state index contributed by atoms with van der Waals surface area (Å²) in [5.74, 6) is -1.05. The first-order chi connectivity index (χ1) is 13.8. The number of unbranched alkanes of at least 4 members (excludes halogenated alkanes) is 1. The zero-order chi connectivity index (χ0) is 21.2. The molecular formula is C22H30FN3O3. The van der Waals surface area contributed by atoms with Crippen molar-refractivity contribution < 1.29 is 18.8 Å². The van der Waals surface area contributed by atoms with E-state index in [1.165, 1.54) is 24.3 Å². The van der Waals surface area contributed by atoms with E-state index in [1.807, 2.05) is 20.8 Å². The molecule has 0 bridgehead atoms. The summed E-state index contributed by atoms with van der Waals surface area (Å²) < 4.78 is 13.4.